The van der Waals surface area contributed by atoms with E-state index >= 15 is 0 Å². The summed E-state index contributed by atoms with van der Waals surface area (Å²) in [6.07, 6.45) is 0. The average molecular weight is 384 g/mol. The number of H-pyrrole nitrogens is 1. The summed E-state index contributed by atoms with van der Waals surface area (Å²) in [6, 6.07) is 0. The number of nitrogens with zero attached hydrogens (tertiary/aromatic N) is 3. The maximum Gasteiger partial charge on any atom is 0.306 e. The lowest BCUT2D eigenvalue weighted by Gasteiger charge is -2.24. The molecule has 3 aromatic rings. The van der Waals surface area contributed by atoms with Crippen LogP contribution in [0.25, 0.3) is 10.3 Å². The Balaban J connectivity index is 1.92. The van der Waals surface area contributed by atoms with Crippen LogP contribution < -0.4 is 10.2 Å². The Kier molecular flexibility index (Phi) is 4.90. The molecule has 0 aromatic carbocycles. The summed E-state index contributed by atoms with van der Waals surface area (Å²) in [4.78, 5) is 27.6. The summed E-state index contributed by atoms with van der Waals surface area (Å²) in [6.45, 7) is 5.64. The van der Waals surface area contributed by atoms with E-state index in [1.165, 1.54) is 11.8 Å². The minimum absolute atomic E-state index is 0.0571. The van der Waals surface area contributed by atoms with Crippen LogP contribution in [0.2, 0.25) is 0 Å². The van der Waals surface area contributed by atoms with Crippen molar-refractivity contribution in [1.29, 1.82) is 0 Å². The third-order valence-corrected chi connectivity index (χ3v) is 5.71. The smallest absolute Gasteiger partial charge is 0.306 e. The van der Waals surface area contributed by atoms with E-state index in [1.807, 2.05) is 26.2 Å². The largest absolute Gasteiger partial charge is 0.394 e. The van der Waals surface area contributed by atoms with Crippen LogP contribution in [0.15, 0.2) is 15.3 Å². The molecule has 3 N–H and O–H groups in total. The van der Waals surface area contributed by atoms with Crippen LogP contribution in [0.1, 0.15) is 24.5 Å². The molecule has 0 unspecified atom stereocenters. The number of aromatic nitrogens is 4. The molecule has 0 aliphatic heterocycles. The Morgan fingerprint density at radius 1 is 1.38 bits per heavy atom. The zero-order valence-electron chi connectivity index (χ0n) is 13.4. The van der Waals surface area contributed by atoms with E-state index in [2.05, 4.69) is 25.3 Å². The van der Waals surface area contributed by atoms with Gasteiger partial charge in [0.2, 0.25) is 0 Å². The molecule has 10 heteroatoms. The molecule has 24 heavy (non-hydrogen) atoms. The highest BCUT2D eigenvalue weighted by Crippen LogP contribution is 2.28. The minimum Gasteiger partial charge on any atom is -0.394 e. The molecule has 0 saturated heterocycles. The fourth-order valence-electron chi connectivity index (χ4n) is 1.95. The van der Waals surface area contributed by atoms with Gasteiger partial charge in [-0.05, 0) is 20.8 Å². The first-order valence-corrected chi connectivity index (χ1v) is 9.88. The third kappa shape index (κ3) is 3.94. The first-order chi connectivity index (χ1) is 11.4. The number of nitrogens with one attached hydrogen (secondary N) is 2. The number of hydrogen-bond donors (Lipinski definition) is 3. The minimum atomic E-state index is -0.553. The number of hydrogen-bond acceptors (Lipinski definition) is 9. The summed E-state index contributed by atoms with van der Waals surface area (Å²) in [5.74, 6) is 1.21. The van der Waals surface area contributed by atoms with Crippen molar-refractivity contribution in [3.63, 3.8) is 0 Å². The SMILES string of the molecule is Cc1nc(CSc2nc(NC(C)(C)CO)c3sc(=O)[nH]c3n2)cs1. The Bertz CT molecular complexity index is 915. The zero-order chi connectivity index (χ0) is 17.3. The van der Waals surface area contributed by atoms with E-state index in [0.717, 1.165) is 22.0 Å². The second-order valence-corrected chi connectivity index (χ2v) is 8.85. The standard InChI is InChI=1S/C14H17N5O2S3/c1-7-15-8(4-22-7)5-23-12-16-10-9(24-13(21)18-10)11(17-12)19-14(2,3)6-20/h4,20H,5-6H2,1-3H3,(H2,16,17,18,19,21). The van der Waals surface area contributed by atoms with Crippen molar-refractivity contribution in [3.8, 4) is 0 Å². The van der Waals surface area contributed by atoms with E-state index in [4.69, 9.17) is 0 Å². The molecule has 3 heterocycles. The second kappa shape index (κ2) is 6.79. The number of anilines is 1. The molecule has 0 aliphatic carbocycles. The van der Waals surface area contributed by atoms with Gasteiger partial charge in [0.25, 0.3) is 0 Å². The van der Waals surface area contributed by atoms with E-state index in [-0.39, 0.29) is 11.5 Å². The molecular weight excluding hydrogens is 366 g/mol. The van der Waals surface area contributed by atoms with Crippen LogP contribution >= 0.6 is 34.4 Å². The molecule has 0 fully saturated rings. The Morgan fingerprint density at radius 3 is 2.83 bits per heavy atom. The number of aryl methyl sites for hydroxylation is 1. The monoisotopic (exact) mass is 383 g/mol. The molecule has 0 saturated carbocycles. The van der Waals surface area contributed by atoms with Crippen LogP contribution in [0, 0.1) is 6.92 Å². The maximum absolute atomic E-state index is 11.7. The van der Waals surface area contributed by atoms with Gasteiger partial charge >= 0.3 is 4.87 Å². The molecule has 0 radical (unpaired) electrons. The molecular formula is C14H17N5O2S3. The summed E-state index contributed by atoms with van der Waals surface area (Å²) >= 11 is 4.13. The Morgan fingerprint density at radius 2 is 2.17 bits per heavy atom. The van der Waals surface area contributed by atoms with Crippen molar-refractivity contribution in [1.82, 2.24) is 19.9 Å². The van der Waals surface area contributed by atoms with Crippen molar-refractivity contribution >= 4 is 50.6 Å². The van der Waals surface area contributed by atoms with Gasteiger partial charge in [-0.2, -0.15) is 0 Å². The fraction of sp³-hybridized carbons (Fsp3) is 0.429. The zero-order valence-corrected chi connectivity index (χ0v) is 15.9. The van der Waals surface area contributed by atoms with Crippen molar-refractivity contribution in [2.75, 3.05) is 11.9 Å². The number of aliphatic hydroxyl groups is 1. The van der Waals surface area contributed by atoms with Gasteiger partial charge in [-0.1, -0.05) is 23.1 Å². The maximum atomic E-state index is 11.7. The van der Waals surface area contributed by atoms with E-state index < -0.39 is 5.54 Å². The molecule has 3 rings (SSSR count). The quantitative estimate of drug-likeness (QED) is 0.444. The van der Waals surface area contributed by atoms with Crippen LogP contribution in [-0.2, 0) is 5.75 Å². The normalized spacial score (nSPS) is 12.0. The van der Waals surface area contributed by atoms with Crippen molar-refractivity contribution in [2.45, 2.75) is 37.2 Å². The van der Waals surface area contributed by atoms with Gasteiger partial charge in [0.1, 0.15) is 4.70 Å². The summed E-state index contributed by atoms with van der Waals surface area (Å²) in [5, 5.41) is 16.3. The molecule has 0 spiro atoms. The predicted octanol–water partition coefficient (Wildman–Crippen LogP) is 2.62. The van der Waals surface area contributed by atoms with Crippen LogP contribution in [0.5, 0.6) is 0 Å². The van der Waals surface area contributed by atoms with E-state index in [0.29, 0.717) is 27.1 Å². The number of aliphatic hydroxyl groups excluding tert-OH is 1. The molecule has 0 bridgehead atoms. The number of thioether (sulfide) groups is 1. The van der Waals surface area contributed by atoms with Crippen molar-refractivity contribution < 1.29 is 5.11 Å². The highest BCUT2D eigenvalue weighted by atomic mass is 32.2. The Labute approximate surface area is 150 Å². The molecule has 7 nitrogen and oxygen atoms in total. The lowest BCUT2D eigenvalue weighted by Crippen LogP contribution is -2.35. The predicted molar refractivity (Wildman–Crippen MR) is 99.2 cm³/mol. The van der Waals surface area contributed by atoms with Gasteiger partial charge in [0.05, 0.1) is 22.8 Å². The number of rotatable bonds is 6. The van der Waals surface area contributed by atoms with Crippen LogP contribution in [-0.4, -0.2) is 37.2 Å². The third-order valence-electron chi connectivity index (χ3n) is 3.13. The summed E-state index contributed by atoms with van der Waals surface area (Å²) in [7, 11) is 0. The van der Waals surface area contributed by atoms with Crippen LogP contribution in [0.3, 0.4) is 0 Å². The topological polar surface area (TPSA) is 104 Å². The van der Waals surface area contributed by atoms with Gasteiger partial charge in [-0.3, -0.25) is 9.78 Å². The number of fused-ring (bicyclic) bond motifs is 1. The summed E-state index contributed by atoms with van der Waals surface area (Å²) < 4.78 is 0.662. The van der Waals surface area contributed by atoms with Crippen LogP contribution in [0.4, 0.5) is 5.82 Å². The second-order valence-electron chi connectivity index (χ2n) is 5.86. The van der Waals surface area contributed by atoms with E-state index in [9.17, 15) is 9.90 Å². The molecule has 3 aromatic heterocycles. The highest BCUT2D eigenvalue weighted by molar-refractivity contribution is 7.98. The first-order valence-electron chi connectivity index (χ1n) is 7.20. The molecule has 0 amide bonds. The molecule has 0 atom stereocenters. The first kappa shape index (κ1) is 17.3. The van der Waals surface area contributed by atoms with E-state index in [1.54, 1.807) is 11.3 Å². The average Bonchev–Trinajstić information content (AvgIpc) is 3.10. The van der Waals surface area contributed by atoms with Gasteiger partial charge in [0.15, 0.2) is 16.6 Å². The Hall–Kier alpha value is -1.49. The van der Waals surface area contributed by atoms with Gasteiger partial charge in [-0.25, -0.2) is 15.0 Å². The fourth-order valence-corrected chi connectivity index (χ4v) is 4.12. The molecule has 128 valence electrons. The highest BCUT2D eigenvalue weighted by Gasteiger charge is 2.20. The molecule has 0 aliphatic rings. The lowest BCUT2D eigenvalue weighted by molar-refractivity contribution is 0.234. The number of thiazole rings is 2. The van der Waals surface area contributed by atoms with Crippen molar-refractivity contribution in [3.05, 3.63) is 25.7 Å². The lowest BCUT2D eigenvalue weighted by atomic mass is 10.1. The summed E-state index contributed by atoms with van der Waals surface area (Å²) in [5.41, 5.74) is 0.936. The van der Waals surface area contributed by atoms with Gasteiger partial charge in [0, 0.05) is 11.1 Å². The van der Waals surface area contributed by atoms with Crippen molar-refractivity contribution in [2.24, 2.45) is 0 Å². The van der Waals surface area contributed by atoms with Gasteiger partial charge < -0.3 is 10.4 Å². The number of aromatic amines is 1. The van der Waals surface area contributed by atoms with Gasteiger partial charge in [-0.15, -0.1) is 11.3 Å².